The van der Waals surface area contributed by atoms with E-state index in [0.29, 0.717) is 0 Å². The first kappa shape index (κ1) is 2.98. The summed E-state index contributed by atoms with van der Waals surface area (Å²) in [4.78, 5) is 4.56. The summed E-state index contributed by atoms with van der Waals surface area (Å²) in [6.45, 7) is 11.4. The van der Waals surface area contributed by atoms with E-state index in [9.17, 15) is 0 Å². The molecular formula is C2N2. The van der Waals surface area contributed by atoms with Crippen LogP contribution in [0, 0.1) is 13.1 Å². The third kappa shape index (κ3) is 0.980. The van der Waals surface area contributed by atoms with Gasteiger partial charge in [0.05, 0.1) is 0 Å². The topological polar surface area (TPSA) is 8.72 Å². The van der Waals surface area contributed by atoms with Crippen molar-refractivity contribution in [2.75, 3.05) is 0 Å². The average molecular weight is 52.0 g/mol. The summed E-state index contributed by atoms with van der Waals surface area (Å²) in [5.74, 6) is 0. The summed E-state index contributed by atoms with van der Waals surface area (Å²) in [6, 6.07) is 0. The van der Waals surface area contributed by atoms with E-state index in [1.54, 1.807) is 0 Å². The minimum Gasteiger partial charge on any atom is -0.110 e. The Morgan fingerprint density at radius 3 is 1.25 bits per heavy atom. The van der Waals surface area contributed by atoms with Crippen molar-refractivity contribution in [2.24, 2.45) is 0 Å². The molecular weight excluding hydrogens is 52.0 g/mol. The lowest BCUT2D eigenvalue weighted by molar-refractivity contribution is 2.07. The van der Waals surface area contributed by atoms with E-state index in [-0.39, 0.29) is 0 Å². The summed E-state index contributed by atoms with van der Waals surface area (Å²) < 4.78 is 0. The highest BCUT2D eigenvalue weighted by molar-refractivity contribution is 4.60. The summed E-state index contributed by atoms with van der Waals surface area (Å²) in [7, 11) is 0. The zero-order valence-electron chi connectivity index (χ0n) is 1.89. The first-order valence-electron chi connectivity index (χ1n) is 0.647. The number of hydrogen-bond acceptors (Lipinski definition) is 0. The van der Waals surface area contributed by atoms with Crippen molar-refractivity contribution in [1.29, 1.82) is 0 Å². The van der Waals surface area contributed by atoms with Crippen molar-refractivity contribution >= 4 is 0 Å². The Bertz CT molecular complexity index is 59.0. The second-order valence-electron chi connectivity index (χ2n) is 0.200. The molecule has 0 heterocycles. The zero-order chi connectivity index (χ0) is 3.41. The smallest absolute Gasteiger partial charge is 0.110 e. The summed E-state index contributed by atoms with van der Waals surface area (Å²) >= 11 is 0. The first-order valence-corrected chi connectivity index (χ1v) is 0.647. The number of nitrogens with zero attached hydrogens (tertiary/aromatic N) is 2. The lowest BCUT2D eigenvalue weighted by Crippen LogP contribution is -1.01. The minimum atomic E-state index is 2.28. The van der Waals surface area contributed by atoms with Crippen molar-refractivity contribution in [1.82, 2.24) is 0 Å². The van der Waals surface area contributed by atoms with E-state index >= 15 is 0 Å². The second-order valence-corrected chi connectivity index (χ2v) is 0.200. The van der Waals surface area contributed by atoms with Gasteiger partial charge in [-0.15, -0.1) is 13.1 Å². The van der Waals surface area contributed by atoms with Crippen molar-refractivity contribution in [3.63, 3.8) is 0 Å². The van der Waals surface area contributed by atoms with Gasteiger partial charge in [-0.2, -0.15) is 0 Å². The molecule has 0 aromatic carbocycles. The molecule has 0 aromatic rings. The van der Waals surface area contributed by atoms with Crippen LogP contribution in [0.3, 0.4) is 0 Å². The second kappa shape index (κ2) is 1.98. The largest absolute Gasteiger partial charge is 0.110 e. The standard InChI is InChI=1S/C2N2/c1-3-4-2. The van der Waals surface area contributed by atoms with Crippen LogP contribution in [0.4, 0.5) is 0 Å². The van der Waals surface area contributed by atoms with Crippen molar-refractivity contribution < 1.29 is 0 Å². The molecule has 0 spiro atoms. The summed E-state index contributed by atoms with van der Waals surface area (Å²) in [5.41, 5.74) is 0. The maximum absolute atomic E-state index is 5.72. The van der Waals surface area contributed by atoms with Gasteiger partial charge in [-0.25, -0.2) is 0 Å². The van der Waals surface area contributed by atoms with Gasteiger partial charge in [0.2, 0.25) is 0 Å². The maximum Gasteiger partial charge on any atom is 0.110 e. The average Bonchev–Trinajstić information content (AvgIpc) is 1.37. The molecule has 0 saturated heterocycles. The molecule has 0 fully saturated rings. The van der Waals surface area contributed by atoms with E-state index in [0.717, 1.165) is 0 Å². The Morgan fingerprint density at radius 2 is 1.25 bits per heavy atom. The van der Waals surface area contributed by atoms with E-state index < -0.39 is 0 Å². The Hall–Kier alpha value is -1.02. The molecule has 0 bridgehead atoms. The van der Waals surface area contributed by atoms with E-state index in [1.165, 1.54) is 0 Å². The molecule has 18 valence electrons. The molecule has 0 rings (SSSR count). The molecule has 4 heavy (non-hydrogen) atoms. The zero-order valence-corrected chi connectivity index (χ0v) is 1.89. The fourth-order valence-electron chi connectivity index (χ4n) is 0. The van der Waals surface area contributed by atoms with Gasteiger partial charge in [0.25, 0.3) is 0 Å². The predicted molar refractivity (Wildman–Crippen MR) is 13.2 cm³/mol. The van der Waals surface area contributed by atoms with Crippen LogP contribution in [-0.2, 0) is 0 Å². The molecule has 0 aliphatic rings. The Morgan fingerprint density at radius 1 is 1.00 bits per heavy atom. The molecule has 0 N–H and O–H groups in total. The van der Waals surface area contributed by atoms with Crippen LogP contribution in [0.15, 0.2) is 0 Å². The van der Waals surface area contributed by atoms with Gasteiger partial charge in [-0.3, -0.25) is 0 Å². The van der Waals surface area contributed by atoms with Gasteiger partial charge in [0.15, 0.2) is 0 Å². The number of hydrogen-bond donors (Lipinski definition) is 0. The maximum atomic E-state index is 5.72. The Kier molecular flexibility index (Phi) is 1.48. The van der Waals surface area contributed by atoms with Gasteiger partial charge in [-0.05, 0) is 0 Å². The van der Waals surface area contributed by atoms with Gasteiger partial charge < -0.3 is 0 Å². The van der Waals surface area contributed by atoms with E-state index in [1.807, 2.05) is 0 Å². The van der Waals surface area contributed by atoms with Crippen LogP contribution in [0.1, 0.15) is 0 Å². The van der Waals surface area contributed by atoms with Gasteiger partial charge >= 0.3 is 0 Å². The molecule has 0 saturated carbocycles. The summed E-state index contributed by atoms with van der Waals surface area (Å²) in [5, 5.41) is 0. The highest BCUT2D eigenvalue weighted by atomic mass is 15.1. The highest BCUT2D eigenvalue weighted by Crippen LogP contribution is 1.52. The Labute approximate surface area is 24.3 Å². The normalized spacial score (nSPS) is 2.50. The molecule has 0 aromatic heterocycles. The van der Waals surface area contributed by atoms with Crippen LogP contribution >= 0.6 is 0 Å². The third-order valence-corrected chi connectivity index (χ3v) is 0.0500. The van der Waals surface area contributed by atoms with Crippen molar-refractivity contribution in [3.8, 4) is 0 Å². The minimum absolute atomic E-state index is 2.28. The molecule has 0 unspecified atom stereocenters. The highest BCUT2D eigenvalue weighted by Gasteiger charge is 1.34. The first-order chi connectivity index (χ1) is 1.91. The van der Waals surface area contributed by atoms with Crippen molar-refractivity contribution in [2.45, 2.75) is 0 Å². The third-order valence-electron chi connectivity index (χ3n) is 0.0500. The predicted octanol–water partition coefficient (Wildman–Crippen LogP) is 0.740. The summed E-state index contributed by atoms with van der Waals surface area (Å²) in [6.07, 6.45) is 0. The van der Waals surface area contributed by atoms with Crippen LogP contribution in [0.25, 0.3) is 9.91 Å². The molecule has 0 atom stereocenters. The SMILES string of the molecule is [C-]#[N+][N+]#[C-]. The molecule has 0 radical (unpaired) electrons. The van der Waals surface area contributed by atoms with Crippen LogP contribution < -0.4 is 0 Å². The lowest BCUT2D eigenvalue weighted by Gasteiger charge is -1.20. The van der Waals surface area contributed by atoms with Crippen molar-refractivity contribution in [3.05, 3.63) is 23.1 Å². The lowest BCUT2D eigenvalue weighted by atomic mass is 11.7. The fourth-order valence-corrected chi connectivity index (χ4v) is 0. The molecule has 0 aliphatic carbocycles. The van der Waals surface area contributed by atoms with Gasteiger partial charge in [-0.1, -0.05) is 0 Å². The fraction of sp³-hybridized carbons (Fsp3) is 0. The van der Waals surface area contributed by atoms with Gasteiger partial charge in [0, 0.05) is 0 Å². The van der Waals surface area contributed by atoms with E-state index in [2.05, 4.69) is 9.91 Å². The van der Waals surface area contributed by atoms with Crippen LogP contribution in [0.2, 0.25) is 0 Å². The molecule has 0 aliphatic heterocycles. The van der Waals surface area contributed by atoms with Crippen LogP contribution in [0.5, 0.6) is 0 Å². The molecule has 2 nitrogen and oxygen atoms in total. The number of rotatable bonds is 0. The van der Waals surface area contributed by atoms with Crippen LogP contribution in [-0.4, -0.2) is 0 Å². The van der Waals surface area contributed by atoms with E-state index in [4.69, 9.17) is 13.1 Å². The quantitative estimate of drug-likeness (QED) is 0.284. The monoisotopic (exact) mass is 52.0 g/mol. The molecule has 2 heteroatoms. The molecule has 0 amide bonds. The Balaban J connectivity index is 3.14. The van der Waals surface area contributed by atoms with Gasteiger partial charge in [0.1, 0.15) is 9.91 Å².